The molecular formula is C28H27NO5. The van der Waals surface area contributed by atoms with E-state index in [-0.39, 0.29) is 23.6 Å². The molecule has 34 heavy (non-hydrogen) atoms. The van der Waals surface area contributed by atoms with Crippen molar-refractivity contribution in [2.45, 2.75) is 43.7 Å². The normalized spacial score (nSPS) is 22.8. The molecule has 0 radical (unpaired) electrons. The topological polar surface area (TPSA) is 84.9 Å². The number of carbonyl (C=O) groups excluding carboxylic acids is 1. The summed E-state index contributed by atoms with van der Waals surface area (Å²) in [5.74, 6) is 0.503. The number of benzene rings is 3. The lowest BCUT2D eigenvalue weighted by molar-refractivity contribution is -0.127. The Morgan fingerprint density at radius 2 is 1.91 bits per heavy atom. The lowest BCUT2D eigenvalue weighted by Gasteiger charge is -2.35. The number of carbonyl (C=O) groups is 2. The second-order valence-electron chi connectivity index (χ2n) is 9.19. The van der Waals surface area contributed by atoms with Crippen molar-refractivity contribution in [2.24, 2.45) is 0 Å². The third-order valence-electron chi connectivity index (χ3n) is 7.13. The van der Waals surface area contributed by atoms with Crippen LogP contribution in [-0.2, 0) is 16.6 Å². The maximum absolute atomic E-state index is 13.7. The Labute approximate surface area is 198 Å². The van der Waals surface area contributed by atoms with Gasteiger partial charge in [-0.25, -0.2) is 4.79 Å². The van der Waals surface area contributed by atoms with Crippen LogP contribution in [-0.4, -0.2) is 24.1 Å². The third-order valence-corrected chi connectivity index (χ3v) is 7.13. The number of rotatable bonds is 5. The van der Waals surface area contributed by atoms with Gasteiger partial charge in [-0.3, -0.25) is 4.79 Å². The lowest BCUT2D eigenvalue weighted by Crippen LogP contribution is -2.44. The molecule has 0 unspecified atom stereocenters. The zero-order chi connectivity index (χ0) is 23.9. The molecule has 174 valence electrons. The van der Waals surface area contributed by atoms with Crippen molar-refractivity contribution >= 4 is 11.9 Å². The summed E-state index contributed by atoms with van der Waals surface area (Å²) in [6.07, 6.45) is 1.70. The van der Waals surface area contributed by atoms with Gasteiger partial charge in [-0.1, -0.05) is 36.4 Å². The Morgan fingerprint density at radius 3 is 2.71 bits per heavy atom. The van der Waals surface area contributed by atoms with Gasteiger partial charge in [0.2, 0.25) is 5.91 Å². The molecule has 6 heteroatoms. The van der Waals surface area contributed by atoms with Crippen LogP contribution in [0.3, 0.4) is 0 Å². The Hall–Kier alpha value is -3.80. The number of fused-ring (bicyclic) bond motifs is 2. The lowest BCUT2D eigenvalue weighted by atomic mass is 9.82. The Kier molecular flexibility index (Phi) is 5.52. The van der Waals surface area contributed by atoms with Gasteiger partial charge in [0, 0.05) is 12.0 Å². The minimum Gasteiger partial charge on any atom is -0.497 e. The van der Waals surface area contributed by atoms with E-state index >= 15 is 0 Å². The number of hydrogen-bond donors (Lipinski definition) is 2. The second kappa shape index (κ2) is 8.52. The van der Waals surface area contributed by atoms with Crippen LogP contribution in [0.15, 0.2) is 66.7 Å². The highest BCUT2D eigenvalue weighted by molar-refractivity contribution is 5.90. The highest BCUT2D eigenvalue weighted by Gasteiger charge is 2.43. The Balaban J connectivity index is 1.44. The van der Waals surface area contributed by atoms with E-state index in [2.05, 4.69) is 5.32 Å². The van der Waals surface area contributed by atoms with Crippen molar-refractivity contribution in [1.82, 2.24) is 5.32 Å². The molecule has 1 heterocycles. The molecule has 3 aromatic carbocycles. The van der Waals surface area contributed by atoms with Gasteiger partial charge in [-0.15, -0.1) is 0 Å². The maximum Gasteiger partial charge on any atom is 0.335 e. The standard InChI is InChI=1S/C28H27NO5/c1-28(13-12-17-15-20(33-2)10-11-22(17)28)27(32)29-23-16-25(34-24-9-4-3-8-21(23)24)18-6-5-7-19(14-18)26(30)31/h3-11,14-15,23,25H,12-13,16H2,1-2H3,(H,29,32)(H,30,31)/t23-,25-,28-/m1/s1. The molecule has 1 amide bonds. The first-order chi connectivity index (χ1) is 16.4. The first kappa shape index (κ1) is 22.0. The summed E-state index contributed by atoms with van der Waals surface area (Å²) in [5, 5.41) is 12.7. The van der Waals surface area contributed by atoms with E-state index in [0.717, 1.165) is 40.8 Å². The molecule has 0 saturated heterocycles. The molecule has 0 saturated carbocycles. The molecule has 1 aliphatic carbocycles. The van der Waals surface area contributed by atoms with Crippen molar-refractivity contribution < 1.29 is 24.2 Å². The zero-order valence-electron chi connectivity index (χ0n) is 19.2. The van der Waals surface area contributed by atoms with Crippen molar-refractivity contribution in [3.8, 4) is 11.5 Å². The number of ether oxygens (including phenoxy) is 2. The monoisotopic (exact) mass is 457 g/mol. The van der Waals surface area contributed by atoms with E-state index in [1.807, 2.05) is 55.5 Å². The summed E-state index contributed by atoms with van der Waals surface area (Å²) >= 11 is 0. The van der Waals surface area contributed by atoms with Crippen LogP contribution in [0.25, 0.3) is 0 Å². The molecule has 2 N–H and O–H groups in total. The van der Waals surface area contributed by atoms with Gasteiger partial charge in [0.25, 0.3) is 0 Å². The fraction of sp³-hybridized carbons (Fsp3) is 0.286. The van der Waals surface area contributed by atoms with Gasteiger partial charge in [-0.2, -0.15) is 0 Å². The quantitative estimate of drug-likeness (QED) is 0.565. The van der Waals surface area contributed by atoms with Gasteiger partial charge < -0.3 is 19.9 Å². The predicted octanol–water partition coefficient (Wildman–Crippen LogP) is 4.98. The average molecular weight is 458 g/mol. The number of carboxylic acids is 1. The average Bonchev–Trinajstić information content (AvgIpc) is 3.21. The zero-order valence-corrected chi connectivity index (χ0v) is 19.2. The van der Waals surface area contributed by atoms with Gasteiger partial charge in [0.1, 0.15) is 17.6 Å². The second-order valence-corrected chi connectivity index (χ2v) is 9.19. The summed E-state index contributed by atoms with van der Waals surface area (Å²) < 4.78 is 11.6. The number of methoxy groups -OCH3 is 1. The van der Waals surface area contributed by atoms with Crippen molar-refractivity contribution in [2.75, 3.05) is 7.11 Å². The van der Waals surface area contributed by atoms with Crippen LogP contribution in [0.5, 0.6) is 11.5 Å². The van der Waals surface area contributed by atoms with Crippen LogP contribution in [0, 0.1) is 0 Å². The summed E-state index contributed by atoms with van der Waals surface area (Å²) in [6, 6.07) is 20.2. The number of carboxylic acid groups (broad SMARTS) is 1. The summed E-state index contributed by atoms with van der Waals surface area (Å²) in [7, 11) is 1.65. The molecule has 0 bridgehead atoms. The van der Waals surface area contributed by atoms with E-state index in [0.29, 0.717) is 12.2 Å². The number of nitrogens with one attached hydrogen (secondary N) is 1. The number of aromatic carboxylic acids is 1. The fourth-order valence-corrected chi connectivity index (χ4v) is 5.15. The number of amides is 1. The minimum atomic E-state index is -0.979. The fourth-order valence-electron chi connectivity index (χ4n) is 5.15. The van der Waals surface area contributed by atoms with Gasteiger partial charge in [0.15, 0.2) is 0 Å². The SMILES string of the molecule is COc1ccc2c(c1)CC[C@@]2(C)C(=O)N[C@@H]1C[C@H](c2cccc(C(=O)O)c2)Oc2ccccc21. The molecule has 0 spiro atoms. The van der Waals surface area contributed by atoms with Crippen LogP contribution in [0.4, 0.5) is 0 Å². The largest absolute Gasteiger partial charge is 0.497 e. The summed E-state index contributed by atoms with van der Waals surface area (Å²) in [4.78, 5) is 25.1. The Bertz CT molecular complexity index is 1270. The van der Waals surface area contributed by atoms with Crippen LogP contribution in [0.1, 0.15) is 64.5 Å². The minimum absolute atomic E-state index is 0.0174. The van der Waals surface area contributed by atoms with Crippen LogP contribution < -0.4 is 14.8 Å². The smallest absolute Gasteiger partial charge is 0.335 e. The van der Waals surface area contributed by atoms with E-state index in [1.54, 1.807) is 25.3 Å². The highest BCUT2D eigenvalue weighted by atomic mass is 16.5. The van der Waals surface area contributed by atoms with E-state index in [1.165, 1.54) is 0 Å². The van der Waals surface area contributed by atoms with Gasteiger partial charge in [-0.05, 0) is 66.8 Å². The summed E-state index contributed by atoms with van der Waals surface area (Å²) in [6.45, 7) is 2.00. The molecule has 0 fully saturated rings. The summed E-state index contributed by atoms with van der Waals surface area (Å²) in [5.41, 5.74) is 3.47. The molecule has 3 aromatic rings. The number of hydrogen-bond acceptors (Lipinski definition) is 4. The van der Waals surface area contributed by atoms with E-state index in [9.17, 15) is 14.7 Å². The van der Waals surface area contributed by atoms with Crippen LogP contribution >= 0.6 is 0 Å². The van der Waals surface area contributed by atoms with Gasteiger partial charge >= 0.3 is 5.97 Å². The molecule has 0 aromatic heterocycles. The van der Waals surface area contributed by atoms with Gasteiger partial charge in [0.05, 0.1) is 24.1 Å². The van der Waals surface area contributed by atoms with Crippen molar-refractivity contribution in [3.05, 3.63) is 94.5 Å². The van der Waals surface area contributed by atoms with Crippen molar-refractivity contribution in [1.29, 1.82) is 0 Å². The molecule has 5 rings (SSSR count). The molecular weight excluding hydrogens is 430 g/mol. The number of para-hydroxylation sites is 1. The molecule has 2 aliphatic rings. The van der Waals surface area contributed by atoms with E-state index in [4.69, 9.17) is 9.47 Å². The molecule has 1 aliphatic heterocycles. The van der Waals surface area contributed by atoms with Crippen molar-refractivity contribution in [3.63, 3.8) is 0 Å². The molecule has 6 nitrogen and oxygen atoms in total. The molecule has 3 atom stereocenters. The highest BCUT2D eigenvalue weighted by Crippen LogP contribution is 2.44. The van der Waals surface area contributed by atoms with E-state index < -0.39 is 11.4 Å². The maximum atomic E-state index is 13.7. The number of aryl methyl sites for hydroxylation is 1. The van der Waals surface area contributed by atoms with Crippen LogP contribution in [0.2, 0.25) is 0 Å². The Morgan fingerprint density at radius 1 is 1.09 bits per heavy atom. The first-order valence-electron chi connectivity index (χ1n) is 11.5. The predicted molar refractivity (Wildman–Crippen MR) is 127 cm³/mol. The first-order valence-corrected chi connectivity index (χ1v) is 11.5. The third kappa shape index (κ3) is 3.79.